The van der Waals surface area contributed by atoms with Crippen molar-refractivity contribution < 1.29 is 0 Å². The quantitative estimate of drug-likeness (QED) is 0.161. The minimum absolute atomic E-state index is 1.22. The van der Waals surface area contributed by atoms with E-state index in [2.05, 4.69) is 180 Å². The van der Waals surface area contributed by atoms with Crippen LogP contribution in [0.5, 0.6) is 0 Å². The maximum Gasteiger partial charge on any atom is 0.0634 e. The van der Waals surface area contributed by atoms with Gasteiger partial charge in [0.2, 0.25) is 0 Å². The predicted octanol–water partition coefficient (Wildman–Crippen LogP) is 14.6. The van der Waals surface area contributed by atoms with Crippen LogP contribution in [0.3, 0.4) is 0 Å². The molecule has 0 radical (unpaired) electrons. The van der Waals surface area contributed by atoms with Crippen LogP contribution in [0.1, 0.15) is 0 Å². The van der Waals surface area contributed by atoms with E-state index in [-0.39, 0.29) is 0 Å². The van der Waals surface area contributed by atoms with E-state index in [1.165, 1.54) is 113 Å². The molecule has 12 aromatic rings. The zero-order valence-corrected chi connectivity index (χ0v) is 28.9. The maximum absolute atomic E-state index is 2.55. The van der Waals surface area contributed by atoms with Gasteiger partial charge in [-0.1, -0.05) is 133 Å². The van der Waals surface area contributed by atoms with Gasteiger partial charge in [0.1, 0.15) is 0 Å². The Morgan fingerprint density at radius 3 is 1.81 bits per heavy atom. The molecule has 9 aromatic carbocycles. The molecular weight excluding hydrogens is 647 g/mol. The molecule has 0 N–H and O–H groups in total. The van der Waals surface area contributed by atoms with Gasteiger partial charge in [0.15, 0.2) is 0 Å². The van der Waals surface area contributed by atoms with Crippen molar-refractivity contribution in [1.82, 2.24) is 4.40 Å². The Morgan fingerprint density at radius 2 is 0.942 bits per heavy atom. The first-order chi connectivity index (χ1) is 25.8. The van der Waals surface area contributed by atoms with Crippen molar-refractivity contribution in [3.8, 4) is 22.3 Å². The summed E-state index contributed by atoms with van der Waals surface area (Å²) >= 11 is 1.90. The number of fused-ring (bicyclic) bond motifs is 11. The van der Waals surface area contributed by atoms with Crippen molar-refractivity contribution in [2.75, 3.05) is 0 Å². The van der Waals surface area contributed by atoms with Crippen molar-refractivity contribution in [2.45, 2.75) is 0 Å². The van der Waals surface area contributed by atoms with E-state index in [4.69, 9.17) is 0 Å². The predicted molar refractivity (Wildman–Crippen MR) is 226 cm³/mol. The third kappa shape index (κ3) is 3.82. The lowest BCUT2D eigenvalue weighted by Gasteiger charge is -2.12. The average Bonchev–Trinajstić information content (AvgIpc) is 3.77. The zero-order valence-electron chi connectivity index (χ0n) is 28.1. The summed E-state index contributed by atoms with van der Waals surface area (Å²) in [4.78, 5) is 0. The summed E-state index contributed by atoms with van der Waals surface area (Å²) in [5.74, 6) is 0. The van der Waals surface area contributed by atoms with Gasteiger partial charge in [-0.15, -0.1) is 11.3 Å². The van der Waals surface area contributed by atoms with Crippen LogP contribution >= 0.6 is 11.3 Å². The molecule has 0 atom stereocenters. The van der Waals surface area contributed by atoms with Crippen molar-refractivity contribution in [3.63, 3.8) is 0 Å². The van der Waals surface area contributed by atoms with Crippen LogP contribution < -0.4 is 0 Å². The van der Waals surface area contributed by atoms with Gasteiger partial charge in [0, 0.05) is 36.3 Å². The fourth-order valence-corrected chi connectivity index (χ4v) is 10.2. The minimum atomic E-state index is 1.22. The van der Waals surface area contributed by atoms with E-state index in [1.54, 1.807) is 0 Å². The first-order valence-corrected chi connectivity index (χ1v) is 18.7. The Morgan fingerprint density at radius 1 is 0.327 bits per heavy atom. The number of hydrogen-bond donors (Lipinski definition) is 0. The Hall–Kier alpha value is -6.48. The SMILES string of the molecule is c1cc(-c2ccc3c(c2)c2ccc4sc5cccc6c7ccccc7c7ccccc7n3c2c4c56)cc(-c2cc3ccccc3c3ccccc23)c1. The Kier molecular flexibility index (Phi) is 5.71. The van der Waals surface area contributed by atoms with Gasteiger partial charge in [-0.25, -0.2) is 0 Å². The molecule has 12 rings (SSSR count). The smallest absolute Gasteiger partial charge is 0.0634 e. The molecule has 3 heterocycles. The second-order valence-electron chi connectivity index (χ2n) is 14.0. The number of benzene rings is 9. The highest BCUT2D eigenvalue weighted by molar-refractivity contribution is 7.26. The summed E-state index contributed by atoms with van der Waals surface area (Å²) in [7, 11) is 0. The van der Waals surface area contributed by atoms with Crippen LogP contribution in [0.4, 0.5) is 0 Å². The van der Waals surface area contributed by atoms with Gasteiger partial charge in [-0.3, -0.25) is 0 Å². The molecule has 0 amide bonds. The first-order valence-electron chi connectivity index (χ1n) is 17.9. The number of rotatable bonds is 2. The largest absolute Gasteiger partial charge is 0.308 e. The summed E-state index contributed by atoms with van der Waals surface area (Å²) in [5, 5.41) is 15.5. The van der Waals surface area contributed by atoms with Gasteiger partial charge in [-0.05, 0) is 102 Å². The third-order valence-corrected chi connectivity index (χ3v) is 12.4. The molecule has 1 nitrogen and oxygen atoms in total. The molecule has 0 bridgehead atoms. The van der Waals surface area contributed by atoms with Crippen LogP contribution in [0.25, 0.3) is 113 Å². The third-order valence-electron chi connectivity index (χ3n) is 11.3. The van der Waals surface area contributed by atoms with Crippen LogP contribution in [0.2, 0.25) is 0 Å². The lowest BCUT2D eigenvalue weighted by Crippen LogP contribution is -1.87. The minimum Gasteiger partial charge on any atom is -0.308 e. The highest BCUT2D eigenvalue weighted by Gasteiger charge is 2.20. The van der Waals surface area contributed by atoms with Crippen LogP contribution in [0.15, 0.2) is 176 Å². The number of para-hydroxylation sites is 1. The molecule has 0 aliphatic rings. The van der Waals surface area contributed by atoms with Gasteiger partial charge in [0.05, 0.1) is 16.6 Å². The van der Waals surface area contributed by atoms with Gasteiger partial charge in [-0.2, -0.15) is 0 Å². The summed E-state index contributed by atoms with van der Waals surface area (Å²) < 4.78 is 5.21. The van der Waals surface area contributed by atoms with Crippen LogP contribution in [0, 0.1) is 0 Å². The Bertz CT molecular complexity index is 3460. The molecule has 3 aromatic heterocycles. The lowest BCUT2D eigenvalue weighted by atomic mass is 9.91. The van der Waals surface area contributed by atoms with Gasteiger partial charge >= 0.3 is 0 Å². The highest BCUT2D eigenvalue weighted by Crippen LogP contribution is 2.46. The summed E-state index contributed by atoms with van der Waals surface area (Å²) in [6.07, 6.45) is 0. The van der Waals surface area contributed by atoms with Crippen molar-refractivity contribution >= 4 is 102 Å². The monoisotopic (exact) mass is 675 g/mol. The molecule has 52 heavy (non-hydrogen) atoms. The molecule has 0 fully saturated rings. The van der Waals surface area contributed by atoms with Gasteiger partial charge < -0.3 is 4.40 Å². The molecule has 0 saturated carbocycles. The number of aromatic nitrogens is 1. The van der Waals surface area contributed by atoms with Crippen molar-refractivity contribution in [2.24, 2.45) is 0 Å². The Balaban J connectivity index is 1.18. The van der Waals surface area contributed by atoms with Crippen molar-refractivity contribution in [1.29, 1.82) is 0 Å². The molecule has 240 valence electrons. The van der Waals surface area contributed by atoms with Crippen molar-refractivity contribution in [3.05, 3.63) is 176 Å². The summed E-state index contributed by atoms with van der Waals surface area (Å²) in [6, 6.07) is 65.5. The van der Waals surface area contributed by atoms with E-state index in [9.17, 15) is 0 Å². The van der Waals surface area contributed by atoms with E-state index in [1.807, 2.05) is 11.3 Å². The summed E-state index contributed by atoms with van der Waals surface area (Å²) in [5.41, 5.74) is 8.68. The summed E-state index contributed by atoms with van der Waals surface area (Å²) in [6.45, 7) is 0. The molecule has 0 aliphatic heterocycles. The van der Waals surface area contributed by atoms with Crippen LogP contribution in [-0.2, 0) is 0 Å². The van der Waals surface area contributed by atoms with Crippen LogP contribution in [-0.4, -0.2) is 4.40 Å². The van der Waals surface area contributed by atoms with E-state index in [0.29, 0.717) is 0 Å². The van der Waals surface area contributed by atoms with E-state index >= 15 is 0 Å². The second kappa shape index (κ2) is 10.5. The highest BCUT2D eigenvalue weighted by atomic mass is 32.1. The molecule has 0 aliphatic carbocycles. The number of thiophene rings is 1. The maximum atomic E-state index is 2.55. The molecule has 0 unspecified atom stereocenters. The fraction of sp³-hybridized carbons (Fsp3) is 0. The molecular formula is C50H29NS. The van der Waals surface area contributed by atoms with Gasteiger partial charge in [0.25, 0.3) is 0 Å². The number of hydrogen-bond acceptors (Lipinski definition) is 1. The Labute approximate surface area is 303 Å². The van der Waals surface area contributed by atoms with E-state index in [0.717, 1.165) is 0 Å². The lowest BCUT2D eigenvalue weighted by molar-refractivity contribution is 1.36. The second-order valence-corrected chi connectivity index (χ2v) is 15.1. The average molecular weight is 676 g/mol. The normalized spacial score (nSPS) is 12.2. The first kappa shape index (κ1) is 28.2. The topological polar surface area (TPSA) is 4.41 Å². The zero-order chi connectivity index (χ0) is 33.9. The fourth-order valence-electron chi connectivity index (χ4n) is 9.07. The molecule has 0 saturated heterocycles. The molecule has 2 heteroatoms. The standard InChI is InChI=1S/C50H29NS/c1-2-14-34-33(11-1)29-42(38-18-6-3-15-35(34)38)32-13-9-12-30(27-32)31-23-25-45-43(28-31)41-24-26-47-49-48-40(20-10-22-46(48)52-47)37-17-5-4-16-36(37)39-19-7-8-21-44(39)51(45)50(41)49/h1-29H. The number of nitrogens with zero attached hydrogens (tertiary/aromatic N) is 1. The molecule has 0 spiro atoms. The van der Waals surface area contributed by atoms with E-state index < -0.39 is 0 Å².